The standard InChI is InChI=1S/C15H30N2O/c1-12(10-16-14-6-7-14)11-17-8-4-3-5-15(17)9-13(2)18/h12-16,18H,3-11H2,1-2H3. The maximum atomic E-state index is 9.60. The molecule has 1 saturated heterocycles. The monoisotopic (exact) mass is 254 g/mol. The van der Waals surface area contributed by atoms with E-state index in [1.54, 1.807) is 0 Å². The molecule has 1 saturated carbocycles. The van der Waals surface area contributed by atoms with Crippen molar-refractivity contribution in [3.63, 3.8) is 0 Å². The summed E-state index contributed by atoms with van der Waals surface area (Å²) in [6.45, 7) is 7.85. The van der Waals surface area contributed by atoms with Gasteiger partial charge in [0.25, 0.3) is 0 Å². The van der Waals surface area contributed by atoms with E-state index >= 15 is 0 Å². The zero-order valence-corrected chi connectivity index (χ0v) is 12.1. The molecule has 18 heavy (non-hydrogen) atoms. The molecular formula is C15H30N2O. The van der Waals surface area contributed by atoms with Crippen LogP contribution in [0.2, 0.25) is 0 Å². The van der Waals surface area contributed by atoms with Crippen molar-refractivity contribution in [3.8, 4) is 0 Å². The summed E-state index contributed by atoms with van der Waals surface area (Å²) in [4.78, 5) is 2.62. The SMILES string of the molecule is CC(O)CC1CCCCN1CC(C)CNC1CC1. The van der Waals surface area contributed by atoms with E-state index in [9.17, 15) is 5.11 Å². The summed E-state index contributed by atoms with van der Waals surface area (Å²) in [5.74, 6) is 0.722. The number of likely N-dealkylation sites (tertiary alicyclic amines) is 1. The van der Waals surface area contributed by atoms with Crippen LogP contribution < -0.4 is 5.32 Å². The Labute approximate surface area is 112 Å². The predicted molar refractivity (Wildman–Crippen MR) is 75.7 cm³/mol. The summed E-state index contributed by atoms with van der Waals surface area (Å²) in [5, 5.41) is 13.2. The minimum absolute atomic E-state index is 0.157. The van der Waals surface area contributed by atoms with Crippen LogP contribution >= 0.6 is 0 Å². The molecule has 0 amide bonds. The summed E-state index contributed by atoms with van der Waals surface area (Å²) in [7, 11) is 0. The van der Waals surface area contributed by atoms with E-state index in [1.165, 1.54) is 45.2 Å². The van der Waals surface area contributed by atoms with Crippen molar-refractivity contribution in [2.45, 2.75) is 70.6 Å². The predicted octanol–water partition coefficient (Wildman–Crippen LogP) is 2.00. The van der Waals surface area contributed by atoms with Gasteiger partial charge in [0.1, 0.15) is 0 Å². The van der Waals surface area contributed by atoms with Crippen molar-refractivity contribution in [3.05, 3.63) is 0 Å². The lowest BCUT2D eigenvalue weighted by atomic mass is 9.96. The van der Waals surface area contributed by atoms with Gasteiger partial charge < -0.3 is 10.4 Å². The summed E-state index contributed by atoms with van der Waals surface area (Å²) in [6, 6.07) is 1.43. The molecule has 2 N–H and O–H groups in total. The second kappa shape index (κ2) is 6.88. The highest BCUT2D eigenvalue weighted by Gasteiger charge is 2.26. The van der Waals surface area contributed by atoms with Crippen LogP contribution in [0, 0.1) is 5.92 Å². The average molecular weight is 254 g/mol. The fourth-order valence-corrected chi connectivity index (χ4v) is 3.08. The zero-order valence-electron chi connectivity index (χ0n) is 12.1. The fourth-order valence-electron chi connectivity index (χ4n) is 3.08. The molecule has 0 aromatic heterocycles. The van der Waals surface area contributed by atoms with E-state index < -0.39 is 0 Å². The Morgan fingerprint density at radius 3 is 2.67 bits per heavy atom. The van der Waals surface area contributed by atoms with Gasteiger partial charge in [-0.15, -0.1) is 0 Å². The maximum Gasteiger partial charge on any atom is 0.0527 e. The molecule has 2 rings (SSSR count). The average Bonchev–Trinajstić information content (AvgIpc) is 3.12. The number of rotatable bonds is 7. The number of hydrogen-bond acceptors (Lipinski definition) is 3. The van der Waals surface area contributed by atoms with Gasteiger partial charge in [-0.2, -0.15) is 0 Å². The van der Waals surface area contributed by atoms with Crippen LogP contribution in [0.15, 0.2) is 0 Å². The minimum atomic E-state index is -0.157. The van der Waals surface area contributed by atoms with Gasteiger partial charge in [-0.1, -0.05) is 13.3 Å². The third-order valence-electron chi connectivity index (χ3n) is 4.24. The lowest BCUT2D eigenvalue weighted by molar-refractivity contribution is 0.0767. The Balaban J connectivity index is 1.72. The van der Waals surface area contributed by atoms with Crippen LogP contribution in [-0.4, -0.2) is 47.8 Å². The van der Waals surface area contributed by atoms with Gasteiger partial charge in [-0.3, -0.25) is 4.90 Å². The van der Waals surface area contributed by atoms with Crippen LogP contribution in [0.25, 0.3) is 0 Å². The molecule has 3 unspecified atom stereocenters. The summed E-state index contributed by atoms with van der Waals surface area (Å²) >= 11 is 0. The summed E-state index contributed by atoms with van der Waals surface area (Å²) in [6.07, 6.45) is 7.48. The van der Waals surface area contributed by atoms with Gasteiger partial charge in [0.15, 0.2) is 0 Å². The van der Waals surface area contributed by atoms with Crippen molar-refractivity contribution in [2.75, 3.05) is 19.6 Å². The molecule has 3 nitrogen and oxygen atoms in total. The molecule has 3 atom stereocenters. The highest BCUT2D eigenvalue weighted by atomic mass is 16.3. The third kappa shape index (κ3) is 4.87. The van der Waals surface area contributed by atoms with E-state index in [-0.39, 0.29) is 6.10 Å². The molecule has 0 radical (unpaired) electrons. The molecular weight excluding hydrogens is 224 g/mol. The lowest BCUT2D eigenvalue weighted by Gasteiger charge is -2.38. The Kier molecular flexibility index (Phi) is 5.46. The Morgan fingerprint density at radius 2 is 2.00 bits per heavy atom. The molecule has 1 aliphatic heterocycles. The Hall–Kier alpha value is -0.120. The van der Waals surface area contributed by atoms with Crippen LogP contribution in [0.1, 0.15) is 52.4 Å². The van der Waals surface area contributed by atoms with Crippen LogP contribution in [0.3, 0.4) is 0 Å². The van der Waals surface area contributed by atoms with Crippen LogP contribution in [-0.2, 0) is 0 Å². The Bertz CT molecular complexity index is 241. The van der Waals surface area contributed by atoms with Gasteiger partial charge in [0.2, 0.25) is 0 Å². The lowest BCUT2D eigenvalue weighted by Crippen LogP contribution is -2.44. The number of aliphatic hydroxyl groups is 1. The molecule has 2 fully saturated rings. The van der Waals surface area contributed by atoms with Crippen LogP contribution in [0.4, 0.5) is 0 Å². The number of nitrogens with zero attached hydrogens (tertiary/aromatic N) is 1. The van der Waals surface area contributed by atoms with Crippen molar-refractivity contribution in [1.82, 2.24) is 10.2 Å². The number of hydrogen-bond donors (Lipinski definition) is 2. The topological polar surface area (TPSA) is 35.5 Å². The highest BCUT2D eigenvalue weighted by molar-refractivity contribution is 4.83. The van der Waals surface area contributed by atoms with Gasteiger partial charge in [-0.25, -0.2) is 0 Å². The first kappa shape index (κ1) is 14.3. The van der Waals surface area contributed by atoms with E-state index in [0.717, 1.165) is 24.9 Å². The second-order valence-electron chi connectivity index (χ2n) is 6.52. The highest BCUT2D eigenvalue weighted by Crippen LogP contribution is 2.23. The molecule has 2 aliphatic rings. The van der Waals surface area contributed by atoms with Gasteiger partial charge in [-0.05, 0) is 58.0 Å². The molecule has 3 heteroatoms. The summed E-state index contributed by atoms with van der Waals surface area (Å²) < 4.78 is 0. The van der Waals surface area contributed by atoms with E-state index in [2.05, 4.69) is 17.1 Å². The molecule has 0 spiro atoms. The number of nitrogens with one attached hydrogen (secondary N) is 1. The van der Waals surface area contributed by atoms with E-state index in [0.29, 0.717) is 6.04 Å². The van der Waals surface area contributed by atoms with Crippen molar-refractivity contribution in [2.24, 2.45) is 5.92 Å². The van der Waals surface area contributed by atoms with Gasteiger partial charge in [0, 0.05) is 18.6 Å². The molecule has 0 bridgehead atoms. The molecule has 0 aromatic carbocycles. The second-order valence-corrected chi connectivity index (χ2v) is 6.52. The van der Waals surface area contributed by atoms with Crippen LogP contribution in [0.5, 0.6) is 0 Å². The molecule has 0 aromatic rings. The van der Waals surface area contributed by atoms with Crippen molar-refractivity contribution >= 4 is 0 Å². The minimum Gasteiger partial charge on any atom is -0.393 e. The van der Waals surface area contributed by atoms with Gasteiger partial charge in [0.05, 0.1) is 6.10 Å². The maximum absolute atomic E-state index is 9.60. The molecule has 1 aliphatic carbocycles. The van der Waals surface area contributed by atoms with Crippen molar-refractivity contribution in [1.29, 1.82) is 0 Å². The first-order chi connectivity index (χ1) is 8.65. The van der Waals surface area contributed by atoms with E-state index in [1.807, 2.05) is 6.92 Å². The first-order valence-electron chi connectivity index (χ1n) is 7.80. The largest absolute Gasteiger partial charge is 0.393 e. The fraction of sp³-hybridized carbons (Fsp3) is 1.00. The first-order valence-corrected chi connectivity index (χ1v) is 7.80. The molecule has 106 valence electrons. The number of aliphatic hydroxyl groups excluding tert-OH is 1. The molecule has 1 heterocycles. The van der Waals surface area contributed by atoms with Gasteiger partial charge >= 0.3 is 0 Å². The zero-order chi connectivity index (χ0) is 13.0. The van der Waals surface area contributed by atoms with E-state index in [4.69, 9.17) is 0 Å². The third-order valence-corrected chi connectivity index (χ3v) is 4.24. The quantitative estimate of drug-likeness (QED) is 0.729. The Morgan fingerprint density at radius 1 is 1.22 bits per heavy atom. The number of piperidine rings is 1. The smallest absolute Gasteiger partial charge is 0.0527 e. The van der Waals surface area contributed by atoms with Crippen molar-refractivity contribution < 1.29 is 5.11 Å². The summed E-state index contributed by atoms with van der Waals surface area (Å²) in [5.41, 5.74) is 0. The normalized spacial score (nSPS) is 29.2.